The standard InChI is InChI=1S/C73H52N2/c1-7-24-53(25-8-1)67-52-70(68(54-26-9-2-10-27-54)51-69(67)55-42-46-62(47-43-55)74(59-31-13-4-14-32-59)60-33-15-5-16-34-60)56-44-48-63(49-45-56)75(61-35-17-6-18-36-61)64-37-23-30-58(50-64)73(57-28-11-3-12-29-57)71-40-21-19-38-65(71)66-39-20-22-41-72(66)73/h1-52H. The Hall–Kier alpha value is -9.76. The molecule has 0 aliphatic heterocycles. The number of benzene rings is 12. The first-order chi connectivity index (χ1) is 37.2. The van der Waals surface area contributed by atoms with Gasteiger partial charge in [-0.3, -0.25) is 0 Å². The molecular formula is C73H52N2. The smallest absolute Gasteiger partial charge is 0.0714 e. The molecule has 0 radical (unpaired) electrons. The van der Waals surface area contributed by atoms with Crippen LogP contribution in [0.3, 0.4) is 0 Å². The molecule has 0 amide bonds. The summed E-state index contributed by atoms with van der Waals surface area (Å²) in [6.07, 6.45) is 0. The van der Waals surface area contributed by atoms with Gasteiger partial charge >= 0.3 is 0 Å². The Morgan fingerprint density at radius 3 is 0.893 bits per heavy atom. The third-order valence-corrected chi connectivity index (χ3v) is 14.9. The number of rotatable bonds is 12. The van der Waals surface area contributed by atoms with Gasteiger partial charge < -0.3 is 9.80 Å². The van der Waals surface area contributed by atoms with Crippen molar-refractivity contribution in [2.45, 2.75) is 5.41 Å². The highest BCUT2D eigenvalue weighted by molar-refractivity contribution is 5.96. The van der Waals surface area contributed by atoms with Crippen molar-refractivity contribution in [3.8, 4) is 55.6 Å². The predicted molar refractivity (Wildman–Crippen MR) is 315 cm³/mol. The van der Waals surface area contributed by atoms with E-state index in [0.717, 1.165) is 45.3 Å². The summed E-state index contributed by atoms with van der Waals surface area (Å²) < 4.78 is 0. The Labute approximate surface area is 440 Å². The third kappa shape index (κ3) is 8.20. The number of hydrogen-bond donors (Lipinski definition) is 0. The molecule has 0 bridgehead atoms. The van der Waals surface area contributed by atoms with E-state index in [1.807, 2.05) is 0 Å². The van der Waals surface area contributed by atoms with E-state index in [4.69, 9.17) is 0 Å². The summed E-state index contributed by atoms with van der Waals surface area (Å²) in [7, 11) is 0. The lowest BCUT2D eigenvalue weighted by Crippen LogP contribution is -2.28. The van der Waals surface area contributed by atoms with Crippen LogP contribution >= 0.6 is 0 Å². The van der Waals surface area contributed by atoms with Gasteiger partial charge in [-0.05, 0) is 163 Å². The second kappa shape index (κ2) is 19.7. The lowest BCUT2D eigenvalue weighted by atomic mass is 9.67. The molecule has 0 fully saturated rings. The fourth-order valence-corrected chi connectivity index (χ4v) is 11.6. The van der Waals surface area contributed by atoms with Crippen LogP contribution in [0.15, 0.2) is 315 Å². The van der Waals surface area contributed by atoms with E-state index in [9.17, 15) is 0 Å². The highest BCUT2D eigenvalue weighted by atomic mass is 15.1. The highest BCUT2D eigenvalue weighted by Gasteiger charge is 2.46. The van der Waals surface area contributed by atoms with Crippen LogP contribution in [0.5, 0.6) is 0 Å². The van der Waals surface area contributed by atoms with E-state index >= 15 is 0 Å². The molecule has 0 N–H and O–H groups in total. The van der Waals surface area contributed by atoms with Gasteiger partial charge in [0.1, 0.15) is 0 Å². The van der Waals surface area contributed by atoms with Gasteiger partial charge in [0.25, 0.3) is 0 Å². The van der Waals surface area contributed by atoms with Gasteiger partial charge in [0.15, 0.2) is 0 Å². The lowest BCUT2D eigenvalue weighted by molar-refractivity contribution is 0.768. The third-order valence-electron chi connectivity index (χ3n) is 14.9. The van der Waals surface area contributed by atoms with Crippen LogP contribution in [0.1, 0.15) is 22.3 Å². The average Bonchev–Trinajstić information content (AvgIpc) is 3.88. The Morgan fingerprint density at radius 2 is 0.480 bits per heavy atom. The predicted octanol–water partition coefficient (Wildman–Crippen LogP) is 19.7. The van der Waals surface area contributed by atoms with Crippen LogP contribution in [-0.4, -0.2) is 0 Å². The van der Waals surface area contributed by atoms with Crippen LogP contribution in [0.25, 0.3) is 55.6 Å². The normalized spacial score (nSPS) is 12.1. The molecule has 0 heterocycles. The van der Waals surface area contributed by atoms with Crippen molar-refractivity contribution in [1.82, 2.24) is 0 Å². The monoisotopic (exact) mass is 956 g/mol. The summed E-state index contributed by atoms with van der Waals surface area (Å²) in [6, 6.07) is 115. The van der Waals surface area contributed by atoms with Crippen molar-refractivity contribution in [3.63, 3.8) is 0 Å². The van der Waals surface area contributed by atoms with Gasteiger partial charge in [-0.1, -0.05) is 231 Å². The number of anilines is 6. The molecule has 13 rings (SSSR count). The zero-order valence-corrected chi connectivity index (χ0v) is 41.4. The quantitative estimate of drug-likeness (QED) is 0.120. The second-order valence-electron chi connectivity index (χ2n) is 19.2. The summed E-state index contributed by atoms with van der Waals surface area (Å²) in [5.74, 6) is 0. The Kier molecular flexibility index (Phi) is 11.8. The number of nitrogens with zero attached hydrogens (tertiary/aromatic N) is 2. The fraction of sp³-hybridized carbons (Fsp3) is 0.0137. The molecule has 0 unspecified atom stereocenters. The van der Waals surface area contributed by atoms with Crippen LogP contribution in [-0.2, 0) is 5.41 Å². The summed E-state index contributed by atoms with van der Waals surface area (Å²) in [4.78, 5) is 4.71. The van der Waals surface area contributed by atoms with Gasteiger partial charge in [-0.2, -0.15) is 0 Å². The molecule has 0 atom stereocenters. The van der Waals surface area contributed by atoms with Crippen LogP contribution in [0.4, 0.5) is 34.1 Å². The van der Waals surface area contributed by atoms with Crippen molar-refractivity contribution in [3.05, 3.63) is 338 Å². The van der Waals surface area contributed by atoms with Gasteiger partial charge in [0.2, 0.25) is 0 Å². The number of hydrogen-bond acceptors (Lipinski definition) is 2. The van der Waals surface area contributed by atoms with E-state index in [1.54, 1.807) is 0 Å². The maximum atomic E-state index is 2.42. The lowest BCUT2D eigenvalue weighted by Gasteiger charge is -2.35. The van der Waals surface area contributed by atoms with E-state index in [2.05, 4.69) is 325 Å². The zero-order valence-electron chi connectivity index (χ0n) is 41.4. The molecule has 12 aromatic rings. The van der Waals surface area contributed by atoms with Gasteiger partial charge in [-0.15, -0.1) is 0 Å². The number of para-hydroxylation sites is 3. The first-order valence-electron chi connectivity index (χ1n) is 25.8. The van der Waals surface area contributed by atoms with Crippen LogP contribution < -0.4 is 9.80 Å². The molecule has 0 spiro atoms. The first-order valence-corrected chi connectivity index (χ1v) is 25.8. The van der Waals surface area contributed by atoms with Crippen molar-refractivity contribution in [2.75, 3.05) is 9.80 Å². The van der Waals surface area contributed by atoms with Crippen molar-refractivity contribution in [2.24, 2.45) is 0 Å². The van der Waals surface area contributed by atoms with Gasteiger partial charge in [0.05, 0.1) is 5.41 Å². The maximum absolute atomic E-state index is 2.42. The molecule has 0 saturated carbocycles. The average molecular weight is 957 g/mol. The largest absolute Gasteiger partial charge is 0.311 e. The minimum Gasteiger partial charge on any atom is -0.311 e. The SMILES string of the molecule is c1ccc(-c2cc(-c3ccc(N(c4ccccc4)c4cccc(C5(c6ccccc6)c6ccccc6-c6ccccc65)c4)cc3)c(-c3ccccc3)cc2-c2ccc(N(c3ccccc3)c3ccccc3)cc2)cc1. The van der Waals surface area contributed by atoms with Crippen LogP contribution in [0.2, 0.25) is 0 Å². The van der Waals surface area contributed by atoms with Crippen LogP contribution in [0, 0.1) is 0 Å². The molecule has 354 valence electrons. The summed E-state index contributed by atoms with van der Waals surface area (Å²) in [5.41, 5.74) is 23.0. The highest BCUT2D eigenvalue weighted by Crippen LogP contribution is 2.57. The topological polar surface area (TPSA) is 6.48 Å². The molecule has 2 nitrogen and oxygen atoms in total. The minimum absolute atomic E-state index is 0.514. The zero-order chi connectivity index (χ0) is 50.0. The minimum atomic E-state index is -0.514. The summed E-state index contributed by atoms with van der Waals surface area (Å²) >= 11 is 0. The molecular weight excluding hydrogens is 905 g/mol. The molecule has 0 aromatic heterocycles. The first kappa shape index (κ1) is 45.1. The molecule has 2 heteroatoms. The van der Waals surface area contributed by atoms with Crippen molar-refractivity contribution in [1.29, 1.82) is 0 Å². The van der Waals surface area contributed by atoms with Crippen molar-refractivity contribution < 1.29 is 0 Å². The fourth-order valence-electron chi connectivity index (χ4n) is 11.6. The van der Waals surface area contributed by atoms with E-state index in [1.165, 1.54) is 66.8 Å². The molecule has 1 aliphatic rings. The van der Waals surface area contributed by atoms with Crippen molar-refractivity contribution >= 4 is 34.1 Å². The summed E-state index contributed by atoms with van der Waals surface area (Å²) in [6.45, 7) is 0. The molecule has 1 aliphatic carbocycles. The van der Waals surface area contributed by atoms with E-state index in [0.29, 0.717) is 0 Å². The molecule has 0 saturated heterocycles. The summed E-state index contributed by atoms with van der Waals surface area (Å²) in [5, 5.41) is 0. The maximum Gasteiger partial charge on any atom is 0.0714 e. The van der Waals surface area contributed by atoms with Gasteiger partial charge in [0, 0.05) is 34.1 Å². The number of fused-ring (bicyclic) bond motifs is 3. The van der Waals surface area contributed by atoms with E-state index in [-0.39, 0.29) is 0 Å². The van der Waals surface area contributed by atoms with Gasteiger partial charge in [-0.25, -0.2) is 0 Å². The Balaban J connectivity index is 0.937. The molecule has 12 aromatic carbocycles. The van der Waals surface area contributed by atoms with E-state index < -0.39 is 5.41 Å². The molecule has 75 heavy (non-hydrogen) atoms. The Morgan fingerprint density at radius 1 is 0.187 bits per heavy atom. The second-order valence-corrected chi connectivity index (χ2v) is 19.2. The Bertz CT molecular complexity index is 3810.